The van der Waals surface area contributed by atoms with E-state index in [2.05, 4.69) is 20.2 Å². The summed E-state index contributed by atoms with van der Waals surface area (Å²) in [6.07, 6.45) is 0.508. The number of H-pyrrole nitrogens is 1. The first-order valence-corrected chi connectivity index (χ1v) is 13.3. The third-order valence-corrected chi connectivity index (χ3v) is 8.26. The number of anilines is 1. The van der Waals surface area contributed by atoms with E-state index in [-0.39, 0.29) is 30.3 Å². The summed E-state index contributed by atoms with van der Waals surface area (Å²) in [5, 5.41) is 7.82. The third kappa shape index (κ3) is 4.79. The van der Waals surface area contributed by atoms with Gasteiger partial charge in [0.1, 0.15) is 17.4 Å². The highest BCUT2D eigenvalue weighted by Gasteiger charge is 2.54. The standard InChI is InChI=1S/C26H26ClF3N6O3/c27-20-4-3-19-22(33-20)25(7-5-17(6-8-25)39-18-10-15-12-32-34-23(15)31-13-18)24(38)36(19)14-21(37)35-9-1-2-16(35)11-26(28,29)30/h3-4,10,12-13,16-17H,1-2,5-9,11,14H2,(H,31,32,34)/t16-,17?,25?/m1/s1. The molecule has 0 aromatic carbocycles. The fraction of sp³-hybridized carbons (Fsp3) is 0.500. The molecule has 0 radical (unpaired) electrons. The number of likely N-dealkylation sites (tertiary alicyclic amines) is 1. The van der Waals surface area contributed by atoms with E-state index in [9.17, 15) is 22.8 Å². The number of fused-ring (bicyclic) bond motifs is 3. The normalized spacial score (nSPS) is 25.1. The average molecular weight is 563 g/mol. The zero-order chi connectivity index (χ0) is 27.4. The third-order valence-electron chi connectivity index (χ3n) is 8.05. The number of aromatic nitrogens is 4. The van der Waals surface area contributed by atoms with Gasteiger partial charge in [0.05, 0.1) is 41.7 Å². The Bertz CT molecular complexity index is 1420. The summed E-state index contributed by atoms with van der Waals surface area (Å²) in [5.74, 6) is -0.158. The SMILES string of the molecule is O=C(CN1C(=O)C2(CCC(Oc3cnc4[nH]ncc4c3)CC2)c2nc(Cl)ccc21)N1CCC[C@@H]1CC(F)(F)F. The van der Waals surface area contributed by atoms with Crippen molar-refractivity contribution < 1.29 is 27.5 Å². The van der Waals surface area contributed by atoms with Gasteiger partial charge in [0.15, 0.2) is 5.65 Å². The first-order valence-electron chi connectivity index (χ1n) is 12.9. The lowest BCUT2D eigenvalue weighted by atomic mass is 9.71. The number of hydrogen-bond donors (Lipinski definition) is 1. The van der Waals surface area contributed by atoms with E-state index in [1.165, 1.54) is 9.80 Å². The number of nitrogens with one attached hydrogen (secondary N) is 1. The van der Waals surface area contributed by atoms with Crippen LogP contribution in [0.25, 0.3) is 11.0 Å². The first-order chi connectivity index (χ1) is 18.6. The molecule has 1 N–H and O–H groups in total. The van der Waals surface area contributed by atoms with Crippen LogP contribution in [0.1, 0.15) is 50.6 Å². The highest BCUT2D eigenvalue weighted by Crippen LogP contribution is 2.50. The number of halogens is 4. The molecule has 1 aliphatic carbocycles. The number of rotatable bonds is 5. The summed E-state index contributed by atoms with van der Waals surface area (Å²) in [6.45, 7) is -0.0848. The van der Waals surface area contributed by atoms with Gasteiger partial charge < -0.3 is 14.5 Å². The van der Waals surface area contributed by atoms with E-state index in [1.807, 2.05) is 6.07 Å². The van der Waals surface area contributed by atoms with E-state index in [0.717, 1.165) is 5.39 Å². The van der Waals surface area contributed by atoms with Crippen LogP contribution in [0.3, 0.4) is 0 Å². The van der Waals surface area contributed by atoms with E-state index in [0.29, 0.717) is 61.3 Å². The number of aromatic amines is 1. The molecule has 1 saturated heterocycles. The zero-order valence-electron chi connectivity index (χ0n) is 20.9. The molecule has 6 rings (SSSR count). The minimum atomic E-state index is -4.37. The number of carbonyl (C=O) groups is 2. The molecule has 3 aromatic rings. The molecular formula is C26H26ClF3N6O3. The van der Waals surface area contributed by atoms with Gasteiger partial charge in [0, 0.05) is 18.0 Å². The van der Waals surface area contributed by atoms with Crippen molar-refractivity contribution in [2.45, 2.75) is 68.7 Å². The van der Waals surface area contributed by atoms with Gasteiger partial charge in [-0.3, -0.25) is 14.7 Å². The number of nitrogens with zero attached hydrogens (tertiary/aromatic N) is 5. The Labute approximate surface area is 226 Å². The second-order valence-electron chi connectivity index (χ2n) is 10.5. The van der Waals surface area contributed by atoms with E-state index >= 15 is 0 Å². The molecule has 5 heterocycles. The minimum Gasteiger partial charge on any atom is -0.489 e. The Hall–Kier alpha value is -3.41. The molecule has 13 heteroatoms. The van der Waals surface area contributed by atoms with E-state index in [4.69, 9.17) is 16.3 Å². The summed E-state index contributed by atoms with van der Waals surface area (Å²) >= 11 is 6.22. The van der Waals surface area contributed by atoms with Crippen molar-refractivity contribution in [2.75, 3.05) is 18.0 Å². The maximum atomic E-state index is 13.9. The van der Waals surface area contributed by atoms with E-state index in [1.54, 1.807) is 24.5 Å². The monoisotopic (exact) mass is 562 g/mol. The van der Waals surface area contributed by atoms with Crippen molar-refractivity contribution in [1.82, 2.24) is 25.1 Å². The van der Waals surface area contributed by atoms with Gasteiger partial charge in [-0.2, -0.15) is 18.3 Å². The molecule has 0 unspecified atom stereocenters. The molecule has 1 saturated carbocycles. The molecule has 2 aliphatic heterocycles. The van der Waals surface area contributed by atoms with Crippen LogP contribution >= 0.6 is 11.6 Å². The minimum absolute atomic E-state index is 0.152. The highest BCUT2D eigenvalue weighted by atomic mass is 35.5. The van der Waals surface area contributed by atoms with E-state index < -0.39 is 30.0 Å². The number of amides is 2. The number of hydrogen-bond acceptors (Lipinski definition) is 6. The van der Waals surface area contributed by atoms with Crippen LogP contribution in [0, 0.1) is 0 Å². The van der Waals surface area contributed by atoms with Gasteiger partial charge in [-0.05, 0) is 56.7 Å². The maximum absolute atomic E-state index is 13.9. The highest BCUT2D eigenvalue weighted by molar-refractivity contribution is 6.29. The summed E-state index contributed by atoms with van der Waals surface area (Å²) in [4.78, 5) is 38.6. The molecule has 0 bridgehead atoms. The van der Waals surface area contributed by atoms with Crippen LogP contribution in [0.2, 0.25) is 5.15 Å². The van der Waals surface area contributed by atoms with Crippen LogP contribution in [0.4, 0.5) is 18.9 Å². The molecule has 3 aliphatic rings. The second-order valence-corrected chi connectivity index (χ2v) is 10.9. The maximum Gasteiger partial charge on any atom is 0.391 e. The lowest BCUT2D eigenvalue weighted by Gasteiger charge is -2.36. The second kappa shape index (κ2) is 9.65. The van der Waals surface area contributed by atoms with Gasteiger partial charge >= 0.3 is 6.18 Å². The van der Waals surface area contributed by atoms with Crippen LogP contribution in [0.5, 0.6) is 5.75 Å². The molecule has 1 spiro atoms. The topological polar surface area (TPSA) is 104 Å². The summed E-state index contributed by atoms with van der Waals surface area (Å²) in [7, 11) is 0. The number of ether oxygens (including phenoxy) is 1. The van der Waals surface area contributed by atoms with Gasteiger partial charge in [-0.15, -0.1) is 0 Å². The fourth-order valence-electron chi connectivity index (χ4n) is 6.22. The van der Waals surface area contributed by atoms with Crippen molar-refractivity contribution >= 4 is 40.1 Å². The zero-order valence-corrected chi connectivity index (χ0v) is 21.6. The number of alkyl halides is 3. The van der Waals surface area contributed by atoms with Gasteiger partial charge in [-0.25, -0.2) is 9.97 Å². The lowest BCUT2D eigenvalue weighted by Crippen LogP contribution is -2.49. The molecule has 2 fully saturated rings. The number of carbonyl (C=O) groups excluding carboxylic acids is 2. The summed E-state index contributed by atoms with van der Waals surface area (Å²) < 4.78 is 45.4. The Morgan fingerprint density at radius 1 is 1.21 bits per heavy atom. The fourth-order valence-corrected chi connectivity index (χ4v) is 6.37. The van der Waals surface area contributed by atoms with Crippen molar-refractivity contribution in [3.05, 3.63) is 41.4 Å². The summed E-state index contributed by atoms with van der Waals surface area (Å²) in [6, 6.07) is 4.16. The predicted molar refractivity (Wildman–Crippen MR) is 135 cm³/mol. The molecule has 39 heavy (non-hydrogen) atoms. The van der Waals surface area contributed by atoms with Crippen LogP contribution in [-0.4, -0.2) is 68.3 Å². The Morgan fingerprint density at radius 2 is 2.00 bits per heavy atom. The molecule has 1 atom stereocenters. The molecular weight excluding hydrogens is 537 g/mol. The van der Waals surface area contributed by atoms with Gasteiger partial charge in [0.25, 0.3) is 0 Å². The Kier molecular flexibility index (Phi) is 6.40. The molecule has 2 amide bonds. The Morgan fingerprint density at radius 3 is 2.77 bits per heavy atom. The summed E-state index contributed by atoms with van der Waals surface area (Å²) in [5.41, 5.74) is 0.692. The lowest BCUT2D eigenvalue weighted by molar-refractivity contribution is -0.151. The van der Waals surface area contributed by atoms with Crippen LogP contribution in [0.15, 0.2) is 30.6 Å². The quantitative estimate of drug-likeness (QED) is 0.457. The molecule has 206 valence electrons. The van der Waals surface area contributed by atoms with Crippen LogP contribution in [-0.2, 0) is 15.0 Å². The van der Waals surface area contributed by atoms with Crippen molar-refractivity contribution in [2.24, 2.45) is 0 Å². The van der Waals surface area contributed by atoms with Crippen molar-refractivity contribution in [3.63, 3.8) is 0 Å². The molecule has 3 aromatic heterocycles. The first kappa shape index (κ1) is 25.8. The van der Waals surface area contributed by atoms with Gasteiger partial charge in [-0.1, -0.05) is 11.6 Å². The van der Waals surface area contributed by atoms with Gasteiger partial charge in [0.2, 0.25) is 11.8 Å². The van der Waals surface area contributed by atoms with Crippen molar-refractivity contribution in [3.8, 4) is 5.75 Å². The average Bonchev–Trinajstić information content (AvgIpc) is 3.59. The Balaban J connectivity index is 1.19. The van der Waals surface area contributed by atoms with Crippen LogP contribution < -0.4 is 9.64 Å². The largest absolute Gasteiger partial charge is 0.489 e. The smallest absolute Gasteiger partial charge is 0.391 e. The predicted octanol–water partition coefficient (Wildman–Crippen LogP) is 4.56. The van der Waals surface area contributed by atoms with Crippen molar-refractivity contribution in [1.29, 1.82) is 0 Å². The number of pyridine rings is 2. The molecule has 9 nitrogen and oxygen atoms in total.